The number of carbonyl (C=O) groups is 4. The highest BCUT2D eigenvalue weighted by atomic mass is 16.6. The number of esters is 2. The van der Waals surface area contributed by atoms with Crippen LogP contribution in [0.1, 0.15) is 26.3 Å². The Morgan fingerprint density at radius 1 is 0.718 bits per heavy atom. The third-order valence-electron chi connectivity index (χ3n) is 5.50. The number of ether oxygens (including phenoxy) is 5. The zero-order chi connectivity index (χ0) is 28.4. The van der Waals surface area contributed by atoms with E-state index in [2.05, 4.69) is 5.32 Å². The van der Waals surface area contributed by atoms with E-state index in [1.165, 1.54) is 57.7 Å². The zero-order valence-electron chi connectivity index (χ0n) is 21.4. The first-order valence-corrected chi connectivity index (χ1v) is 11.6. The summed E-state index contributed by atoms with van der Waals surface area (Å²) in [4.78, 5) is 51.2. The number of benzene rings is 3. The highest BCUT2D eigenvalue weighted by Gasteiger charge is 2.41. The van der Waals surface area contributed by atoms with Crippen LogP contribution in [0.5, 0.6) is 17.2 Å². The van der Waals surface area contributed by atoms with Gasteiger partial charge in [0, 0.05) is 12.1 Å². The van der Waals surface area contributed by atoms with Crippen molar-refractivity contribution in [2.45, 2.75) is 18.8 Å². The third kappa shape index (κ3) is 7.48. The van der Waals surface area contributed by atoms with Gasteiger partial charge in [-0.05, 0) is 42.5 Å². The van der Waals surface area contributed by atoms with Gasteiger partial charge in [0.15, 0.2) is 0 Å². The average molecular weight is 538 g/mol. The summed E-state index contributed by atoms with van der Waals surface area (Å²) in [6.45, 7) is -0.0910. The summed E-state index contributed by atoms with van der Waals surface area (Å²) in [6, 6.07) is 18.5. The zero-order valence-corrected chi connectivity index (χ0v) is 21.4. The van der Waals surface area contributed by atoms with Gasteiger partial charge >= 0.3 is 17.9 Å². The Morgan fingerprint density at radius 3 is 1.77 bits per heavy atom. The van der Waals surface area contributed by atoms with E-state index >= 15 is 0 Å². The predicted molar refractivity (Wildman–Crippen MR) is 137 cm³/mol. The second-order valence-electron chi connectivity index (χ2n) is 7.98. The molecular weight excluding hydrogens is 510 g/mol. The molecule has 39 heavy (non-hydrogen) atoms. The van der Waals surface area contributed by atoms with Crippen molar-refractivity contribution >= 4 is 23.8 Å². The molecular formula is C28H27NO10. The lowest BCUT2D eigenvalue weighted by atomic mass is 10.1. The minimum atomic E-state index is -2.18. The lowest BCUT2D eigenvalue weighted by Crippen LogP contribution is -2.50. The number of hydrogen-bond donors (Lipinski definition) is 2. The van der Waals surface area contributed by atoms with E-state index in [9.17, 15) is 24.3 Å². The first-order chi connectivity index (χ1) is 18.8. The Kier molecular flexibility index (Phi) is 9.85. The molecule has 3 rings (SSSR count). The van der Waals surface area contributed by atoms with Crippen LogP contribution in [0, 0.1) is 0 Å². The summed E-state index contributed by atoms with van der Waals surface area (Å²) < 4.78 is 26.0. The van der Waals surface area contributed by atoms with E-state index in [-0.39, 0.29) is 17.7 Å². The normalized spacial score (nSPS) is 11.9. The number of carbonyl (C=O) groups excluding carboxylic acids is 3. The first kappa shape index (κ1) is 28.5. The van der Waals surface area contributed by atoms with E-state index < -0.39 is 36.0 Å². The second-order valence-corrected chi connectivity index (χ2v) is 7.98. The van der Waals surface area contributed by atoms with Crippen molar-refractivity contribution < 1.29 is 48.0 Å². The minimum absolute atomic E-state index is 0.0138. The molecule has 204 valence electrons. The maximum absolute atomic E-state index is 13.2. The van der Waals surface area contributed by atoms with Gasteiger partial charge in [-0.1, -0.05) is 30.3 Å². The molecule has 11 heteroatoms. The summed E-state index contributed by atoms with van der Waals surface area (Å²) in [7, 11) is 4.25. The molecule has 0 aromatic heterocycles. The summed E-state index contributed by atoms with van der Waals surface area (Å²) in [5.74, 6) is -3.68. The van der Waals surface area contributed by atoms with Gasteiger partial charge in [-0.25, -0.2) is 14.4 Å². The van der Waals surface area contributed by atoms with Crippen LogP contribution in [0.4, 0.5) is 0 Å². The van der Waals surface area contributed by atoms with E-state index in [4.69, 9.17) is 23.7 Å². The standard InChI is InChI=1S/C28H27NO10/c1-35-20-11-6-9-17(14-20)27(33)38-23(25(30)29-16-19-8-4-5-13-22(19)37-3)24(26(31)32)39-28(34)18-10-7-12-21(15-18)36-2/h4-15,23-24H,16H2,1-3H3,(H,29,30)(H,31,32)/t23-,24+/m0/s1. The number of carboxylic acids is 1. The molecule has 1 amide bonds. The number of para-hydroxylation sites is 1. The molecule has 0 aliphatic carbocycles. The van der Waals surface area contributed by atoms with Crippen LogP contribution in [0.3, 0.4) is 0 Å². The molecule has 2 atom stereocenters. The van der Waals surface area contributed by atoms with Crippen molar-refractivity contribution in [2.75, 3.05) is 21.3 Å². The molecule has 0 fully saturated rings. The maximum atomic E-state index is 13.2. The fraction of sp³-hybridized carbons (Fsp3) is 0.214. The Hall–Kier alpha value is -5.06. The smallest absolute Gasteiger partial charge is 0.349 e. The van der Waals surface area contributed by atoms with E-state index in [1.54, 1.807) is 36.4 Å². The van der Waals surface area contributed by atoms with Gasteiger partial charge in [-0.15, -0.1) is 0 Å². The van der Waals surface area contributed by atoms with Gasteiger partial charge in [0.2, 0.25) is 12.2 Å². The van der Waals surface area contributed by atoms with Gasteiger partial charge < -0.3 is 34.1 Å². The van der Waals surface area contributed by atoms with Crippen LogP contribution in [-0.2, 0) is 25.6 Å². The summed E-state index contributed by atoms with van der Waals surface area (Å²) in [5, 5.41) is 12.4. The molecule has 0 aliphatic heterocycles. The highest BCUT2D eigenvalue weighted by Crippen LogP contribution is 2.20. The summed E-state index contributed by atoms with van der Waals surface area (Å²) in [6.07, 6.45) is -4.23. The van der Waals surface area contributed by atoms with Gasteiger partial charge in [-0.2, -0.15) is 0 Å². The van der Waals surface area contributed by atoms with E-state index in [1.807, 2.05) is 0 Å². The molecule has 0 aliphatic rings. The number of carboxylic acid groups (broad SMARTS) is 1. The Labute approximate surface area is 224 Å². The number of rotatable bonds is 12. The molecule has 0 bridgehead atoms. The highest BCUT2D eigenvalue weighted by molar-refractivity contribution is 5.97. The molecule has 2 N–H and O–H groups in total. The molecule has 0 unspecified atom stereocenters. The van der Waals surface area contributed by atoms with E-state index in [0.717, 1.165) is 0 Å². The van der Waals surface area contributed by atoms with Crippen molar-refractivity contribution in [1.29, 1.82) is 0 Å². The van der Waals surface area contributed by atoms with Crippen LogP contribution in [0.15, 0.2) is 72.8 Å². The van der Waals surface area contributed by atoms with Crippen LogP contribution in [0.25, 0.3) is 0 Å². The Bertz CT molecular complexity index is 1340. The number of methoxy groups -OCH3 is 3. The van der Waals surface area contributed by atoms with Gasteiger partial charge in [0.25, 0.3) is 5.91 Å². The van der Waals surface area contributed by atoms with E-state index in [0.29, 0.717) is 22.8 Å². The lowest BCUT2D eigenvalue weighted by molar-refractivity contribution is -0.159. The minimum Gasteiger partial charge on any atom is -0.497 e. The fourth-order valence-corrected chi connectivity index (χ4v) is 3.49. The molecule has 0 saturated heterocycles. The van der Waals surface area contributed by atoms with Crippen molar-refractivity contribution in [3.8, 4) is 17.2 Å². The number of nitrogens with one attached hydrogen (secondary N) is 1. The quantitative estimate of drug-likeness (QED) is 0.331. The molecule has 3 aromatic rings. The van der Waals surface area contributed by atoms with Crippen molar-refractivity contribution in [2.24, 2.45) is 0 Å². The number of aliphatic carboxylic acids is 1. The fourth-order valence-electron chi connectivity index (χ4n) is 3.49. The number of hydrogen-bond acceptors (Lipinski definition) is 9. The molecule has 11 nitrogen and oxygen atoms in total. The summed E-state index contributed by atoms with van der Waals surface area (Å²) >= 11 is 0. The van der Waals surface area contributed by atoms with Crippen LogP contribution >= 0.6 is 0 Å². The summed E-state index contributed by atoms with van der Waals surface area (Å²) in [5.41, 5.74) is 0.527. The average Bonchev–Trinajstić information content (AvgIpc) is 2.97. The molecule has 0 heterocycles. The van der Waals surface area contributed by atoms with Crippen LogP contribution in [-0.4, -0.2) is 62.5 Å². The Balaban J connectivity index is 1.90. The monoisotopic (exact) mass is 537 g/mol. The second kappa shape index (κ2) is 13.5. The maximum Gasteiger partial charge on any atom is 0.349 e. The SMILES string of the molecule is COc1cccc(C(=O)O[C@H](C(=O)NCc2ccccc2OC)[C@@H](OC(=O)c2cccc(OC)c2)C(=O)O)c1. The molecule has 0 saturated carbocycles. The van der Waals surface area contributed by atoms with Crippen LogP contribution < -0.4 is 19.5 Å². The Morgan fingerprint density at radius 2 is 1.26 bits per heavy atom. The molecule has 3 aromatic carbocycles. The van der Waals surface area contributed by atoms with Gasteiger partial charge in [0.05, 0.1) is 32.5 Å². The molecule has 0 spiro atoms. The predicted octanol–water partition coefficient (Wildman–Crippen LogP) is 2.86. The first-order valence-electron chi connectivity index (χ1n) is 11.6. The van der Waals surface area contributed by atoms with Crippen molar-refractivity contribution in [1.82, 2.24) is 5.32 Å². The number of amides is 1. The van der Waals surface area contributed by atoms with Crippen LogP contribution in [0.2, 0.25) is 0 Å². The van der Waals surface area contributed by atoms with Crippen molar-refractivity contribution in [3.05, 3.63) is 89.5 Å². The van der Waals surface area contributed by atoms with Gasteiger partial charge in [-0.3, -0.25) is 4.79 Å². The molecule has 0 radical (unpaired) electrons. The topological polar surface area (TPSA) is 147 Å². The van der Waals surface area contributed by atoms with Gasteiger partial charge in [0.1, 0.15) is 17.2 Å². The lowest BCUT2D eigenvalue weighted by Gasteiger charge is -2.24. The third-order valence-corrected chi connectivity index (χ3v) is 5.50. The largest absolute Gasteiger partial charge is 0.497 e. The van der Waals surface area contributed by atoms with Crippen molar-refractivity contribution in [3.63, 3.8) is 0 Å².